The van der Waals surface area contributed by atoms with Gasteiger partial charge < -0.3 is 10.1 Å². The molecule has 1 N–H and O–H groups in total. The van der Waals surface area contributed by atoms with Crippen LogP contribution in [0.5, 0.6) is 5.75 Å². The average molecular weight is 282 g/mol. The van der Waals surface area contributed by atoms with Crippen molar-refractivity contribution in [1.82, 2.24) is 4.98 Å². The van der Waals surface area contributed by atoms with Gasteiger partial charge in [-0.1, -0.05) is 11.6 Å². The van der Waals surface area contributed by atoms with Crippen LogP contribution in [0.25, 0.3) is 6.08 Å². The number of anilines is 1. The lowest BCUT2D eigenvalue weighted by Crippen LogP contribution is -2.09. The molecule has 0 atom stereocenters. The lowest BCUT2D eigenvalue weighted by Gasteiger charge is -2.05. The molecular formula is C17H18N2O2. The van der Waals surface area contributed by atoms with E-state index < -0.39 is 0 Å². The largest absolute Gasteiger partial charge is 0.496 e. The lowest BCUT2D eigenvalue weighted by molar-refractivity contribution is -0.111. The predicted octanol–water partition coefficient (Wildman–Crippen LogP) is 3.36. The number of pyridine rings is 1. The quantitative estimate of drug-likeness (QED) is 0.875. The summed E-state index contributed by atoms with van der Waals surface area (Å²) in [6.07, 6.45) is 4.87. The second-order valence-electron chi connectivity index (χ2n) is 4.79. The molecule has 2 rings (SSSR count). The first-order valence-corrected chi connectivity index (χ1v) is 6.65. The summed E-state index contributed by atoms with van der Waals surface area (Å²) < 4.78 is 5.27. The zero-order valence-corrected chi connectivity index (χ0v) is 12.4. The maximum atomic E-state index is 11.9. The molecular weight excluding hydrogens is 264 g/mol. The van der Waals surface area contributed by atoms with Crippen molar-refractivity contribution in [2.75, 3.05) is 12.4 Å². The second-order valence-corrected chi connectivity index (χ2v) is 4.79. The fourth-order valence-corrected chi connectivity index (χ4v) is 1.92. The van der Waals surface area contributed by atoms with Gasteiger partial charge in [-0.25, -0.2) is 4.98 Å². The highest BCUT2D eigenvalue weighted by molar-refractivity contribution is 6.01. The van der Waals surface area contributed by atoms with E-state index in [1.807, 2.05) is 44.2 Å². The van der Waals surface area contributed by atoms with Crippen molar-refractivity contribution >= 4 is 17.8 Å². The molecule has 2 aromatic rings. The van der Waals surface area contributed by atoms with Crippen LogP contribution in [0.1, 0.15) is 16.7 Å². The maximum Gasteiger partial charge on any atom is 0.249 e. The van der Waals surface area contributed by atoms with Gasteiger partial charge in [-0.2, -0.15) is 0 Å². The number of nitrogens with one attached hydrogen (secondary N) is 1. The molecule has 0 saturated carbocycles. The van der Waals surface area contributed by atoms with Gasteiger partial charge in [0.05, 0.1) is 7.11 Å². The number of carbonyl (C=O) groups is 1. The molecule has 1 amide bonds. The molecule has 0 spiro atoms. The predicted molar refractivity (Wildman–Crippen MR) is 84.4 cm³/mol. The number of benzene rings is 1. The molecule has 0 unspecified atom stereocenters. The van der Waals surface area contributed by atoms with E-state index >= 15 is 0 Å². The number of carbonyl (C=O) groups excluding carboxylic acids is 1. The molecule has 0 bridgehead atoms. The Morgan fingerprint density at radius 2 is 1.95 bits per heavy atom. The maximum absolute atomic E-state index is 11.9. The third-order valence-electron chi connectivity index (χ3n) is 2.97. The molecule has 4 nitrogen and oxygen atoms in total. The normalized spacial score (nSPS) is 10.6. The van der Waals surface area contributed by atoms with E-state index in [1.165, 1.54) is 6.08 Å². The van der Waals surface area contributed by atoms with Crippen molar-refractivity contribution in [3.63, 3.8) is 0 Å². The number of aryl methyl sites for hydroxylation is 2. The number of nitrogens with zero attached hydrogens (tertiary/aromatic N) is 1. The molecule has 0 fully saturated rings. The summed E-state index contributed by atoms with van der Waals surface area (Å²) in [5.41, 5.74) is 3.02. The molecule has 21 heavy (non-hydrogen) atoms. The molecule has 0 radical (unpaired) electrons. The van der Waals surface area contributed by atoms with Gasteiger partial charge in [0, 0.05) is 17.8 Å². The minimum atomic E-state index is -0.225. The van der Waals surface area contributed by atoms with Crippen LogP contribution in [0.2, 0.25) is 0 Å². The Bertz CT molecular complexity index is 678. The first kappa shape index (κ1) is 14.8. The van der Waals surface area contributed by atoms with E-state index in [9.17, 15) is 4.79 Å². The first-order valence-electron chi connectivity index (χ1n) is 6.65. The number of rotatable bonds is 4. The Morgan fingerprint density at radius 3 is 2.67 bits per heavy atom. The number of methoxy groups -OCH3 is 1. The minimum absolute atomic E-state index is 0.225. The Kier molecular flexibility index (Phi) is 4.72. The number of ether oxygens (including phenoxy) is 1. The summed E-state index contributed by atoms with van der Waals surface area (Å²) in [5, 5.41) is 2.73. The molecule has 0 aliphatic rings. The highest BCUT2D eigenvalue weighted by Gasteiger charge is 2.02. The number of hydrogen-bond donors (Lipinski definition) is 1. The molecule has 1 aromatic carbocycles. The zero-order chi connectivity index (χ0) is 15.2. The average Bonchev–Trinajstić information content (AvgIpc) is 2.45. The zero-order valence-electron chi connectivity index (χ0n) is 12.4. The summed E-state index contributed by atoms with van der Waals surface area (Å²) in [7, 11) is 1.61. The number of amides is 1. The van der Waals surface area contributed by atoms with Crippen LogP contribution >= 0.6 is 0 Å². The topological polar surface area (TPSA) is 51.2 Å². The fraction of sp³-hybridized carbons (Fsp3) is 0.176. The highest BCUT2D eigenvalue weighted by atomic mass is 16.5. The molecule has 1 heterocycles. The van der Waals surface area contributed by atoms with Crippen molar-refractivity contribution in [3.05, 3.63) is 59.3 Å². The SMILES string of the molecule is COc1ccc(C)cc1/C=C/C(=O)Nc1cc(C)ccn1. The van der Waals surface area contributed by atoms with Gasteiger partial charge >= 0.3 is 0 Å². The Labute approximate surface area is 124 Å². The van der Waals surface area contributed by atoms with E-state index in [2.05, 4.69) is 10.3 Å². The van der Waals surface area contributed by atoms with Gasteiger partial charge in [-0.15, -0.1) is 0 Å². The monoisotopic (exact) mass is 282 g/mol. The van der Waals surface area contributed by atoms with E-state index in [0.29, 0.717) is 5.82 Å². The Balaban J connectivity index is 2.10. The lowest BCUT2D eigenvalue weighted by atomic mass is 10.1. The van der Waals surface area contributed by atoms with Crippen molar-refractivity contribution < 1.29 is 9.53 Å². The van der Waals surface area contributed by atoms with Crippen molar-refractivity contribution in [3.8, 4) is 5.75 Å². The van der Waals surface area contributed by atoms with Crippen LogP contribution in [-0.2, 0) is 4.79 Å². The van der Waals surface area contributed by atoms with Crippen LogP contribution in [0.3, 0.4) is 0 Å². The summed E-state index contributed by atoms with van der Waals surface area (Å²) in [6, 6.07) is 9.51. The molecule has 108 valence electrons. The summed E-state index contributed by atoms with van der Waals surface area (Å²) >= 11 is 0. The third-order valence-corrected chi connectivity index (χ3v) is 2.97. The van der Waals surface area contributed by atoms with Crippen molar-refractivity contribution in [2.24, 2.45) is 0 Å². The number of hydrogen-bond acceptors (Lipinski definition) is 3. The van der Waals surface area contributed by atoms with Crippen molar-refractivity contribution in [2.45, 2.75) is 13.8 Å². The van der Waals surface area contributed by atoms with E-state index in [4.69, 9.17) is 4.74 Å². The van der Waals surface area contributed by atoms with E-state index in [1.54, 1.807) is 19.4 Å². The Morgan fingerprint density at radius 1 is 1.19 bits per heavy atom. The molecule has 0 saturated heterocycles. The minimum Gasteiger partial charge on any atom is -0.496 e. The third kappa shape index (κ3) is 4.18. The van der Waals surface area contributed by atoms with Crippen LogP contribution < -0.4 is 10.1 Å². The van der Waals surface area contributed by atoms with Crippen LogP contribution in [0, 0.1) is 13.8 Å². The van der Waals surface area contributed by atoms with Gasteiger partial charge in [-0.3, -0.25) is 4.79 Å². The first-order chi connectivity index (χ1) is 10.1. The number of aromatic nitrogens is 1. The van der Waals surface area contributed by atoms with Crippen LogP contribution in [0.4, 0.5) is 5.82 Å². The van der Waals surface area contributed by atoms with E-state index in [-0.39, 0.29) is 5.91 Å². The molecule has 1 aromatic heterocycles. The smallest absolute Gasteiger partial charge is 0.249 e. The summed E-state index contributed by atoms with van der Waals surface area (Å²) in [6.45, 7) is 3.94. The fourth-order valence-electron chi connectivity index (χ4n) is 1.92. The molecule has 0 aliphatic heterocycles. The van der Waals surface area contributed by atoms with Crippen LogP contribution in [-0.4, -0.2) is 18.0 Å². The van der Waals surface area contributed by atoms with Gasteiger partial charge in [-0.05, 0) is 49.8 Å². The van der Waals surface area contributed by atoms with Crippen LogP contribution in [0.15, 0.2) is 42.6 Å². The van der Waals surface area contributed by atoms with Gasteiger partial charge in [0.1, 0.15) is 11.6 Å². The van der Waals surface area contributed by atoms with E-state index in [0.717, 1.165) is 22.4 Å². The van der Waals surface area contributed by atoms with Gasteiger partial charge in [0.15, 0.2) is 0 Å². The van der Waals surface area contributed by atoms with Gasteiger partial charge in [0.25, 0.3) is 0 Å². The highest BCUT2D eigenvalue weighted by Crippen LogP contribution is 2.21. The Hall–Kier alpha value is -2.62. The summed E-state index contributed by atoms with van der Waals surface area (Å²) in [5.74, 6) is 1.05. The summed E-state index contributed by atoms with van der Waals surface area (Å²) in [4.78, 5) is 16.0. The van der Waals surface area contributed by atoms with Crippen molar-refractivity contribution in [1.29, 1.82) is 0 Å². The second kappa shape index (κ2) is 6.70. The molecule has 4 heteroatoms. The van der Waals surface area contributed by atoms with Gasteiger partial charge in [0.2, 0.25) is 5.91 Å². The standard InChI is InChI=1S/C17H18N2O2/c1-12-4-6-15(21-3)14(10-12)5-7-17(20)19-16-11-13(2)8-9-18-16/h4-11H,1-3H3,(H,18,19,20)/b7-5+. The molecule has 0 aliphatic carbocycles.